The molecule has 1 saturated heterocycles. The molecule has 0 unspecified atom stereocenters. The van der Waals surface area contributed by atoms with E-state index in [0.717, 1.165) is 25.9 Å². The fraction of sp³-hybridized carbons (Fsp3) is 0.263. The SMILES string of the molecule is O=C(Nc1cccc(Cl)c1-n1cccn1)C1CCN(c2ncccn2)CC1. The molecule has 0 aliphatic carbocycles. The number of benzene rings is 1. The molecular weight excluding hydrogens is 364 g/mol. The number of halogens is 1. The first kappa shape index (κ1) is 17.5. The molecule has 3 aromatic rings. The van der Waals surface area contributed by atoms with Crippen molar-refractivity contribution >= 4 is 29.1 Å². The second-order valence-electron chi connectivity index (χ2n) is 6.39. The van der Waals surface area contributed by atoms with Gasteiger partial charge in [0.2, 0.25) is 11.9 Å². The lowest BCUT2D eigenvalue weighted by molar-refractivity contribution is -0.120. The molecule has 0 saturated carbocycles. The molecular formula is C19H19ClN6O. The summed E-state index contributed by atoms with van der Waals surface area (Å²) in [6.45, 7) is 1.51. The molecule has 1 aromatic carbocycles. The summed E-state index contributed by atoms with van der Waals surface area (Å²) in [5.41, 5.74) is 1.33. The molecule has 0 spiro atoms. The van der Waals surface area contributed by atoms with E-state index in [0.29, 0.717) is 22.3 Å². The lowest BCUT2D eigenvalue weighted by Crippen LogP contribution is -2.39. The third-order valence-electron chi connectivity index (χ3n) is 4.68. The summed E-state index contributed by atoms with van der Waals surface area (Å²) < 4.78 is 1.66. The lowest BCUT2D eigenvalue weighted by Gasteiger charge is -2.31. The van der Waals surface area contributed by atoms with Crippen molar-refractivity contribution in [3.63, 3.8) is 0 Å². The van der Waals surface area contributed by atoms with Gasteiger partial charge in [0.05, 0.1) is 10.7 Å². The molecule has 0 atom stereocenters. The van der Waals surface area contributed by atoms with Crippen molar-refractivity contribution < 1.29 is 4.79 Å². The first-order chi connectivity index (χ1) is 13.2. The highest BCUT2D eigenvalue weighted by atomic mass is 35.5. The number of amides is 1. The maximum Gasteiger partial charge on any atom is 0.227 e. The summed E-state index contributed by atoms with van der Waals surface area (Å²) in [5.74, 6) is 0.654. The molecule has 27 heavy (non-hydrogen) atoms. The van der Waals surface area contributed by atoms with Gasteiger partial charge in [0.1, 0.15) is 5.69 Å². The van der Waals surface area contributed by atoms with E-state index in [4.69, 9.17) is 11.6 Å². The second-order valence-corrected chi connectivity index (χ2v) is 6.79. The summed E-state index contributed by atoms with van der Waals surface area (Å²) in [6.07, 6.45) is 8.45. The first-order valence-electron chi connectivity index (χ1n) is 8.84. The number of rotatable bonds is 4. The molecule has 1 fully saturated rings. The van der Waals surface area contributed by atoms with Crippen molar-refractivity contribution in [2.45, 2.75) is 12.8 Å². The fourth-order valence-electron chi connectivity index (χ4n) is 3.28. The molecule has 2 aromatic heterocycles. The van der Waals surface area contributed by atoms with E-state index >= 15 is 0 Å². The zero-order chi connectivity index (χ0) is 18.6. The van der Waals surface area contributed by atoms with Crippen LogP contribution >= 0.6 is 11.6 Å². The highest BCUT2D eigenvalue weighted by Crippen LogP contribution is 2.29. The molecule has 138 valence electrons. The van der Waals surface area contributed by atoms with Gasteiger partial charge in [0.15, 0.2) is 0 Å². The number of hydrogen-bond acceptors (Lipinski definition) is 5. The van der Waals surface area contributed by atoms with Crippen LogP contribution in [0.5, 0.6) is 0 Å². The summed E-state index contributed by atoms with van der Waals surface area (Å²) in [6, 6.07) is 9.06. The van der Waals surface area contributed by atoms with Gasteiger partial charge >= 0.3 is 0 Å². The minimum atomic E-state index is -0.0607. The number of nitrogens with one attached hydrogen (secondary N) is 1. The Balaban J connectivity index is 1.44. The van der Waals surface area contributed by atoms with Crippen molar-refractivity contribution in [2.24, 2.45) is 5.92 Å². The van der Waals surface area contributed by atoms with E-state index in [-0.39, 0.29) is 11.8 Å². The van der Waals surface area contributed by atoms with Crippen molar-refractivity contribution in [1.29, 1.82) is 0 Å². The van der Waals surface area contributed by atoms with Gasteiger partial charge in [-0.25, -0.2) is 14.6 Å². The number of nitrogens with zero attached hydrogens (tertiary/aromatic N) is 5. The van der Waals surface area contributed by atoms with Crippen molar-refractivity contribution in [3.8, 4) is 5.69 Å². The van der Waals surface area contributed by atoms with E-state index in [1.54, 1.807) is 41.6 Å². The van der Waals surface area contributed by atoms with Gasteiger partial charge in [0.25, 0.3) is 0 Å². The van der Waals surface area contributed by atoms with Crippen LogP contribution < -0.4 is 10.2 Å². The van der Waals surface area contributed by atoms with E-state index in [1.165, 1.54) is 0 Å². The van der Waals surface area contributed by atoms with Crippen LogP contribution in [-0.4, -0.2) is 38.7 Å². The molecule has 1 aliphatic heterocycles. The normalized spacial score (nSPS) is 14.9. The number of carbonyl (C=O) groups excluding carboxylic acids is 1. The number of piperidine rings is 1. The van der Waals surface area contributed by atoms with Crippen molar-refractivity contribution in [1.82, 2.24) is 19.7 Å². The lowest BCUT2D eigenvalue weighted by atomic mass is 9.96. The minimum Gasteiger partial charge on any atom is -0.341 e. The Kier molecular flexibility index (Phi) is 5.02. The fourth-order valence-corrected chi connectivity index (χ4v) is 3.54. The van der Waals surface area contributed by atoms with Gasteiger partial charge in [-0.15, -0.1) is 0 Å². The smallest absolute Gasteiger partial charge is 0.227 e. The van der Waals surface area contributed by atoms with Crippen LogP contribution in [0.2, 0.25) is 5.02 Å². The predicted octanol–water partition coefficient (Wildman–Crippen LogP) is 3.17. The number of anilines is 2. The average Bonchev–Trinajstić information content (AvgIpc) is 3.23. The van der Waals surface area contributed by atoms with Crippen molar-refractivity contribution in [2.75, 3.05) is 23.3 Å². The monoisotopic (exact) mass is 382 g/mol. The number of para-hydroxylation sites is 1. The van der Waals surface area contributed by atoms with Crippen LogP contribution in [0.15, 0.2) is 55.1 Å². The number of aromatic nitrogens is 4. The van der Waals surface area contributed by atoms with Gasteiger partial charge in [0, 0.05) is 43.8 Å². The molecule has 1 N–H and O–H groups in total. The number of hydrogen-bond donors (Lipinski definition) is 1. The standard InChI is InChI=1S/C19H19ClN6O/c20-15-4-1-5-16(17(15)26-11-3-10-23-26)24-18(27)14-6-12-25(13-7-14)19-21-8-2-9-22-19/h1-5,8-11,14H,6-7,12-13H2,(H,24,27). The van der Waals surface area contributed by atoms with Crippen LogP contribution in [0.3, 0.4) is 0 Å². The van der Waals surface area contributed by atoms with Crippen LogP contribution in [0, 0.1) is 5.92 Å². The topological polar surface area (TPSA) is 75.9 Å². The Morgan fingerprint density at radius 3 is 2.56 bits per heavy atom. The van der Waals surface area contributed by atoms with Crippen LogP contribution in [0.4, 0.5) is 11.6 Å². The van der Waals surface area contributed by atoms with E-state index < -0.39 is 0 Å². The largest absolute Gasteiger partial charge is 0.341 e. The van der Waals surface area contributed by atoms with E-state index in [2.05, 4.69) is 25.3 Å². The second kappa shape index (κ2) is 7.75. The molecule has 1 amide bonds. The first-order valence-corrected chi connectivity index (χ1v) is 9.21. The van der Waals surface area contributed by atoms with Crippen molar-refractivity contribution in [3.05, 3.63) is 60.1 Å². The Morgan fingerprint density at radius 2 is 1.85 bits per heavy atom. The Labute approximate surface area is 162 Å². The highest BCUT2D eigenvalue weighted by Gasteiger charge is 2.27. The molecule has 3 heterocycles. The van der Waals surface area contributed by atoms with Gasteiger partial charge in [-0.1, -0.05) is 17.7 Å². The van der Waals surface area contributed by atoms with Gasteiger partial charge in [-0.05, 0) is 37.1 Å². The third kappa shape index (κ3) is 3.78. The predicted molar refractivity (Wildman–Crippen MR) is 104 cm³/mol. The molecule has 7 nitrogen and oxygen atoms in total. The molecule has 0 bridgehead atoms. The van der Waals surface area contributed by atoms with E-state index in [9.17, 15) is 4.79 Å². The zero-order valence-corrected chi connectivity index (χ0v) is 15.4. The number of carbonyl (C=O) groups is 1. The van der Waals surface area contributed by atoms with Gasteiger partial charge in [-0.3, -0.25) is 4.79 Å². The zero-order valence-electron chi connectivity index (χ0n) is 14.6. The van der Waals surface area contributed by atoms with Crippen LogP contribution in [-0.2, 0) is 4.79 Å². The molecule has 4 rings (SSSR count). The van der Waals surface area contributed by atoms with Gasteiger partial charge < -0.3 is 10.2 Å². The minimum absolute atomic E-state index is 0.000646. The summed E-state index contributed by atoms with van der Waals surface area (Å²) >= 11 is 6.34. The van der Waals surface area contributed by atoms with Crippen LogP contribution in [0.25, 0.3) is 5.69 Å². The van der Waals surface area contributed by atoms with E-state index in [1.807, 2.05) is 18.2 Å². The Bertz CT molecular complexity index is 907. The maximum atomic E-state index is 12.8. The summed E-state index contributed by atoms with van der Waals surface area (Å²) in [7, 11) is 0. The van der Waals surface area contributed by atoms with Crippen LogP contribution in [0.1, 0.15) is 12.8 Å². The average molecular weight is 383 g/mol. The quantitative estimate of drug-likeness (QED) is 0.750. The molecule has 1 aliphatic rings. The highest BCUT2D eigenvalue weighted by molar-refractivity contribution is 6.33. The maximum absolute atomic E-state index is 12.8. The van der Waals surface area contributed by atoms with Gasteiger partial charge in [-0.2, -0.15) is 5.10 Å². The summed E-state index contributed by atoms with van der Waals surface area (Å²) in [4.78, 5) is 23.5. The Morgan fingerprint density at radius 1 is 1.07 bits per heavy atom. The molecule has 0 radical (unpaired) electrons. The Hall–Kier alpha value is -2.93. The summed E-state index contributed by atoms with van der Waals surface area (Å²) in [5, 5.41) is 7.80. The molecule has 8 heteroatoms. The third-order valence-corrected chi connectivity index (χ3v) is 4.98.